The van der Waals surface area contributed by atoms with Gasteiger partial charge in [0.2, 0.25) is 0 Å². The second kappa shape index (κ2) is 5.75. The minimum absolute atomic E-state index is 0. The van der Waals surface area contributed by atoms with Crippen LogP contribution in [0.4, 0.5) is 0 Å². The third kappa shape index (κ3) is 2.89. The van der Waals surface area contributed by atoms with Gasteiger partial charge in [-0.3, -0.25) is 0 Å². The molecule has 0 saturated carbocycles. The van der Waals surface area contributed by atoms with Gasteiger partial charge in [-0.15, -0.1) is 0 Å². The Morgan fingerprint density at radius 2 is 2.00 bits per heavy atom. The van der Waals surface area contributed by atoms with Gasteiger partial charge in [-0.1, -0.05) is 30.3 Å². The Kier molecular flexibility index (Phi) is 5.28. The molecule has 0 aliphatic carbocycles. The van der Waals surface area contributed by atoms with Gasteiger partial charge in [0.25, 0.3) is 0 Å². The molecule has 0 amide bonds. The summed E-state index contributed by atoms with van der Waals surface area (Å²) in [5, 5.41) is 1.90. The van der Waals surface area contributed by atoms with Crippen LogP contribution in [0.25, 0.3) is 0 Å². The summed E-state index contributed by atoms with van der Waals surface area (Å²) in [5.41, 5.74) is 1.30. The van der Waals surface area contributed by atoms with Crippen LogP contribution in [0.5, 0.6) is 0 Å². The van der Waals surface area contributed by atoms with Crippen molar-refractivity contribution >= 4 is 0 Å². The number of hydroxylamine groups is 2. The van der Waals surface area contributed by atoms with E-state index in [0.717, 1.165) is 6.42 Å². The first kappa shape index (κ1) is 12.8. The Morgan fingerprint density at radius 3 is 2.50 bits per heavy atom. The molecule has 1 fully saturated rings. The van der Waals surface area contributed by atoms with Gasteiger partial charge in [-0.05, 0) is 18.1 Å². The number of nitrogens with zero attached hydrogens (tertiary/aromatic N) is 1. The fourth-order valence-electron chi connectivity index (χ4n) is 1.77. The number of hydrogen-bond acceptors (Lipinski definition) is 2. The van der Waals surface area contributed by atoms with Crippen molar-refractivity contribution in [2.24, 2.45) is 0 Å². The SMILES string of the molecule is [CH2-]C1CC(c2ccccc2)N(C)O1.[K+]. The normalized spacial score (nSPS) is 27.3. The van der Waals surface area contributed by atoms with E-state index < -0.39 is 0 Å². The van der Waals surface area contributed by atoms with Gasteiger partial charge in [0.15, 0.2) is 0 Å². The van der Waals surface area contributed by atoms with E-state index in [2.05, 4.69) is 31.2 Å². The van der Waals surface area contributed by atoms with E-state index in [1.165, 1.54) is 5.56 Å². The smallest absolute Gasteiger partial charge is 0.328 e. The van der Waals surface area contributed by atoms with Crippen LogP contribution in [-0.2, 0) is 4.84 Å². The first-order valence-corrected chi connectivity index (χ1v) is 4.55. The van der Waals surface area contributed by atoms with Gasteiger partial charge in [-0.2, -0.15) is 5.06 Å². The maximum atomic E-state index is 5.45. The number of hydrogen-bond donors (Lipinski definition) is 0. The molecule has 2 nitrogen and oxygen atoms in total. The van der Waals surface area contributed by atoms with Crippen molar-refractivity contribution in [2.75, 3.05) is 7.05 Å². The van der Waals surface area contributed by atoms with Crippen molar-refractivity contribution in [3.8, 4) is 0 Å². The molecule has 2 atom stereocenters. The van der Waals surface area contributed by atoms with E-state index >= 15 is 0 Å². The fraction of sp³-hybridized carbons (Fsp3) is 0.364. The summed E-state index contributed by atoms with van der Waals surface area (Å²) >= 11 is 0. The average molecular weight is 215 g/mol. The standard InChI is InChI=1S/C11H14NO.K/c1-9-8-11(12(2)13-9)10-6-4-3-5-7-10;/h3-7,9,11H,1,8H2,2H3;/q-1;+1. The molecule has 1 saturated heterocycles. The van der Waals surface area contributed by atoms with E-state index in [1.54, 1.807) is 0 Å². The van der Waals surface area contributed by atoms with E-state index in [9.17, 15) is 0 Å². The van der Waals surface area contributed by atoms with Crippen LogP contribution in [0.3, 0.4) is 0 Å². The van der Waals surface area contributed by atoms with E-state index in [1.807, 2.05) is 18.2 Å². The largest absolute Gasteiger partial charge is 1.00 e. The van der Waals surface area contributed by atoms with Gasteiger partial charge in [-0.25, -0.2) is 0 Å². The Balaban J connectivity index is 0.000000980. The maximum absolute atomic E-state index is 5.45. The van der Waals surface area contributed by atoms with Crippen molar-refractivity contribution in [1.82, 2.24) is 5.06 Å². The predicted molar refractivity (Wildman–Crippen MR) is 51.8 cm³/mol. The van der Waals surface area contributed by atoms with Crippen LogP contribution in [0.15, 0.2) is 30.3 Å². The topological polar surface area (TPSA) is 12.5 Å². The molecule has 0 aromatic heterocycles. The first-order chi connectivity index (χ1) is 6.27. The Morgan fingerprint density at radius 1 is 1.36 bits per heavy atom. The van der Waals surface area contributed by atoms with Crippen LogP contribution in [-0.4, -0.2) is 18.2 Å². The molecular weight excluding hydrogens is 201 g/mol. The monoisotopic (exact) mass is 215 g/mol. The molecule has 3 heteroatoms. The minimum Gasteiger partial charge on any atom is -0.328 e. The molecule has 70 valence electrons. The molecule has 1 aliphatic rings. The summed E-state index contributed by atoms with van der Waals surface area (Å²) in [4.78, 5) is 5.45. The molecule has 1 aromatic rings. The minimum atomic E-state index is 0. The fourth-order valence-corrected chi connectivity index (χ4v) is 1.77. The number of benzene rings is 1. The average Bonchev–Trinajstić information content (AvgIpc) is 2.47. The van der Waals surface area contributed by atoms with Crippen molar-refractivity contribution < 1.29 is 56.2 Å². The van der Waals surface area contributed by atoms with Gasteiger partial charge in [0.1, 0.15) is 0 Å². The molecule has 0 radical (unpaired) electrons. The van der Waals surface area contributed by atoms with Crippen molar-refractivity contribution in [3.63, 3.8) is 0 Å². The van der Waals surface area contributed by atoms with Crippen LogP contribution in [0.2, 0.25) is 0 Å². The van der Waals surface area contributed by atoms with Gasteiger partial charge in [0.05, 0.1) is 6.04 Å². The first-order valence-electron chi connectivity index (χ1n) is 4.55. The van der Waals surface area contributed by atoms with Crippen LogP contribution in [0.1, 0.15) is 18.0 Å². The molecule has 1 heterocycles. The van der Waals surface area contributed by atoms with E-state index in [4.69, 9.17) is 4.84 Å². The van der Waals surface area contributed by atoms with Gasteiger partial charge in [0, 0.05) is 7.05 Å². The van der Waals surface area contributed by atoms with Crippen LogP contribution < -0.4 is 51.4 Å². The molecular formula is C11H14KNO. The van der Waals surface area contributed by atoms with E-state index in [-0.39, 0.29) is 57.5 Å². The Labute approximate surface area is 128 Å². The summed E-state index contributed by atoms with van der Waals surface area (Å²) in [6.45, 7) is 3.90. The van der Waals surface area contributed by atoms with Gasteiger partial charge < -0.3 is 11.8 Å². The Bertz CT molecular complexity index is 278. The third-order valence-electron chi connectivity index (χ3n) is 2.42. The second-order valence-corrected chi connectivity index (χ2v) is 3.44. The summed E-state index contributed by atoms with van der Waals surface area (Å²) in [5.74, 6) is 0. The maximum Gasteiger partial charge on any atom is 1.00 e. The molecule has 2 unspecified atom stereocenters. The third-order valence-corrected chi connectivity index (χ3v) is 2.42. The molecule has 1 aromatic carbocycles. The molecule has 1 aliphatic heterocycles. The summed E-state index contributed by atoms with van der Waals surface area (Å²) in [6.07, 6.45) is 1.07. The zero-order valence-corrected chi connectivity index (χ0v) is 11.9. The quantitative estimate of drug-likeness (QED) is 0.449. The second-order valence-electron chi connectivity index (χ2n) is 3.44. The van der Waals surface area contributed by atoms with Crippen molar-refractivity contribution in [3.05, 3.63) is 42.8 Å². The van der Waals surface area contributed by atoms with E-state index in [0.29, 0.717) is 6.04 Å². The zero-order chi connectivity index (χ0) is 9.26. The summed E-state index contributed by atoms with van der Waals surface area (Å²) < 4.78 is 0. The molecule has 2 rings (SSSR count). The molecule has 0 N–H and O–H groups in total. The van der Waals surface area contributed by atoms with Crippen molar-refractivity contribution in [2.45, 2.75) is 18.6 Å². The summed E-state index contributed by atoms with van der Waals surface area (Å²) in [6, 6.07) is 10.8. The van der Waals surface area contributed by atoms with Crippen LogP contribution >= 0.6 is 0 Å². The molecule has 0 bridgehead atoms. The van der Waals surface area contributed by atoms with Crippen molar-refractivity contribution in [1.29, 1.82) is 0 Å². The van der Waals surface area contributed by atoms with Gasteiger partial charge >= 0.3 is 51.4 Å². The summed E-state index contributed by atoms with van der Waals surface area (Å²) in [7, 11) is 1.96. The Hall–Kier alpha value is 0.776. The predicted octanol–water partition coefficient (Wildman–Crippen LogP) is -0.799. The van der Waals surface area contributed by atoms with Crippen LogP contribution in [0, 0.1) is 6.92 Å². The zero-order valence-electron chi connectivity index (χ0n) is 8.81. The molecule has 0 spiro atoms. The number of rotatable bonds is 1. The molecule has 14 heavy (non-hydrogen) atoms.